The van der Waals surface area contributed by atoms with Crippen molar-refractivity contribution in [3.05, 3.63) is 98.0 Å². The second-order valence-electron chi connectivity index (χ2n) is 8.05. The van der Waals surface area contributed by atoms with Gasteiger partial charge in [-0.25, -0.2) is 9.18 Å². The lowest BCUT2D eigenvalue weighted by Crippen LogP contribution is -2.30. The molecule has 180 valence electrons. The van der Waals surface area contributed by atoms with E-state index >= 15 is 0 Å². The second kappa shape index (κ2) is 10.9. The summed E-state index contributed by atoms with van der Waals surface area (Å²) >= 11 is 2.14. The van der Waals surface area contributed by atoms with Gasteiger partial charge >= 0.3 is 6.03 Å². The first-order valence-electron chi connectivity index (χ1n) is 11.1. The van der Waals surface area contributed by atoms with E-state index in [4.69, 9.17) is 9.47 Å². The Kier molecular flexibility index (Phi) is 7.70. The number of carbonyl (C=O) groups is 2. The minimum Gasteiger partial charge on any atom is -0.490 e. The lowest BCUT2D eigenvalue weighted by Gasteiger charge is -2.15. The van der Waals surface area contributed by atoms with E-state index in [0.717, 1.165) is 20.3 Å². The first-order chi connectivity index (χ1) is 16.8. The first-order valence-corrected chi connectivity index (χ1v) is 12.2. The van der Waals surface area contributed by atoms with E-state index in [-0.39, 0.29) is 30.6 Å². The second-order valence-corrected chi connectivity index (χ2v) is 9.21. The molecule has 0 aliphatic carbocycles. The molecule has 1 saturated heterocycles. The van der Waals surface area contributed by atoms with Gasteiger partial charge in [-0.15, -0.1) is 0 Å². The van der Waals surface area contributed by atoms with E-state index < -0.39 is 6.03 Å². The third-order valence-electron chi connectivity index (χ3n) is 5.32. The fraction of sp³-hybridized carbons (Fsp3) is 0.185. The third-order valence-corrected chi connectivity index (χ3v) is 6.13. The highest BCUT2D eigenvalue weighted by atomic mass is 127. The topological polar surface area (TPSA) is 67.9 Å². The van der Waals surface area contributed by atoms with Crippen LogP contribution in [-0.2, 0) is 17.9 Å². The van der Waals surface area contributed by atoms with Gasteiger partial charge in [-0.2, -0.15) is 0 Å². The zero-order chi connectivity index (χ0) is 24.9. The van der Waals surface area contributed by atoms with Gasteiger partial charge in [-0.1, -0.05) is 42.0 Å². The molecule has 3 aromatic rings. The number of nitrogens with one attached hydrogen (secondary N) is 1. The molecule has 3 aromatic carbocycles. The van der Waals surface area contributed by atoms with Gasteiger partial charge in [-0.3, -0.25) is 9.69 Å². The lowest BCUT2D eigenvalue weighted by atomic mass is 10.1. The van der Waals surface area contributed by atoms with Crippen LogP contribution in [0.3, 0.4) is 0 Å². The van der Waals surface area contributed by atoms with Gasteiger partial charge in [0.25, 0.3) is 5.91 Å². The molecule has 1 aliphatic rings. The monoisotopic (exact) mass is 586 g/mol. The van der Waals surface area contributed by atoms with Crippen molar-refractivity contribution in [2.45, 2.75) is 27.0 Å². The van der Waals surface area contributed by atoms with Crippen molar-refractivity contribution in [3.63, 3.8) is 0 Å². The number of imide groups is 1. The van der Waals surface area contributed by atoms with Gasteiger partial charge < -0.3 is 14.8 Å². The highest BCUT2D eigenvalue weighted by Gasteiger charge is 2.33. The number of aryl methyl sites for hydroxylation is 1. The molecule has 4 rings (SSSR count). The summed E-state index contributed by atoms with van der Waals surface area (Å²) < 4.78 is 25.7. The van der Waals surface area contributed by atoms with Crippen LogP contribution < -0.4 is 14.8 Å². The van der Waals surface area contributed by atoms with Gasteiger partial charge in [-0.05, 0) is 83.5 Å². The van der Waals surface area contributed by atoms with Gasteiger partial charge in [0.05, 0.1) is 16.7 Å². The summed E-state index contributed by atoms with van der Waals surface area (Å²) in [7, 11) is 0. The van der Waals surface area contributed by atoms with Crippen LogP contribution >= 0.6 is 22.6 Å². The van der Waals surface area contributed by atoms with Crippen molar-refractivity contribution < 1.29 is 23.5 Å². The standard InChI is InChI=1S/C27H24FIN2O4/c1-3-34-24-14-20(12-22(29)25(24)35-16-18-7-9-21(28)10-8-18)13-23-26(32)31(27(33)30-23)15-19-6-4-5-17(2)11-19/h4-14H,3,15-16H2,1-2H3,(H,30,33)/b23-13+. The Morgan fingerprint density at radius 1 is 1.03 bits per heavy atom. The molecule has 0 saturated carbocycles. The van der Waals surface area contributed by atoms with Crippen LogP contribution in [0.1, 0.15) is 29.2 Å². The zero-order valence-corrected chi connectivity index (χ0v) is 21.5. The van der Waals surface area contributed by atoms with Crippen LogP contribution in [0.25, 0.3) is 6.08 Å². The molecule has 35 heavy (non-hydrogen) atoms. The molecule has 3 amide bonds. The predicted octanol–water partition coefficient (Wildman–Crippen LogP) is 5.81. The number of carbonyl (C=O) groups excluding carboxylic acids is 2. The van der Waals surface area contributed by atoms with E-state index in [1.807, 2.05) is 44.2 Å². The number of halogens is 2. The number of nitrogens with zero attached hydrogens (tertiary/aromatic N) is 1. The number of amides is 3. The molecule has 0 unspecified atom stereocenters. The molecular formula is C27H24FIN2O4. The maximum absolute atomic E-state index is 13.2. The minimum atomic E-state index is -0.457. The van der Waals surface area contributed by atoms with Crippen LogP contribution in [-0.4, -0.2) is 23.4 Å². The molecular weight excluding hydrogens is 562 g/mol. The lowest BCUT2D eigenvalue weighted by molar-refractivity contribution is -0.123. The Balaban J connectivity index is 1.55. The molecule has 1 heterocycles. The highest BCUT2D eigenvalue weighted by molar-refractivity contribution is 14.1. The van der Waals surface area contributed by atoms with Crippen molar-refractivity contribution in [2.24, 2.45) is 0 Å². The van der Waals surface area contributed by atoms with Crippen molar-refractivity contribution in [1.29, 1.82) is 0 Å². The van der Waals surface area contributed by atoms with E-state index in [1.165, 1.54) is 17.0 Å². The molecule has 0 spiro atoms. The van der Waals surface area contributed by atoms with Crippen molar-refractivity contribution >= 4 is 40.6 Å². The van der Waals surface area contributed by atoms with Crippen LogP contribution in [0, 0.1) is 16.3 Å². The highest BCUT2D eigenvalue weighted by Crippen LogP contribution is 2.35. The number of benzene rings is 3. The molecule has 1 fully saturated rings. The number of hydrogen-bond acceptors (Lipinski definition) is 4. The minimum absolute atomic E-state index is 0.195. The molecule has 1 aliphatic heterocycles. The SMILES string of the molecule is CCOc1cc(/C=C2/NC(=O)N(Cc3cccc(C)c3)C2=O)cc(I)c1OCc1ccc(F)cc1. The van der Waals surface area contributed by atoms with E-state index in [1.54, 1.807) is 24.3 Å². The summed E-state index contributed by atoms with van der Waals surface area (Å²) in [5.41, 5.74) is 3.65. The summed E-state index contributed by atoms with van der Waals surface area (Å²) in [6.45, 7) is 4.70. The van der Waals surface area contributed by atoms with Crippen LogP contribution in [0.4, 0.5) is 9.18 Å². The van der Waals surface area contributed by atoms with E-state index in [0.29, 0.717) is 23.7 Å². The quantitative estimate of drug-likeness (QED) is 0.206. The summed E-state index contributed by atoms with van der Waals surface area (Å²) in [5, 5.41) is 2.67. The summed E-state index contributed by atoms with van der Waals surface area (Å²) in [4.78, 5) is 26.6. The summed E-state index contributed by atoms with van der Waals surface area (Å²) in [6, 6.07) is 17.0. The number of ether oxygens (including phenoxy) is 2. The van der Waals surface area contributed by atoms with Gasteiger partial charge in [0.1, 0.15) is 18.1 Å². The van der Waals surface area contributed by atoms with E-state index in [9.17, 15) is 14.0 Å². The van der Waals surface area contributed by atoms with Crippen molar-refractivity contribution in [1.82, 2.24) is 10.2 Å². The van der Waals surface area contributed by atoms with Gasteiger partial charge in [0.2, 0.25) is 0 Å². The van der Waals surface area contributed by atoms with Crippen molar-refractivity contribution in [3.8, 4) is 11.5 Å². The third kappa shape index (κ3) is 6.00. The Morgan fingerprint density at radius 2 is 1.80 bits per heavy atom. The molecule has 8 heteroatoms. The van der Waals surface area contributed by atoms with Crippen LogP contribution in [0.15, 0.2) is 66.4 Å². The Bertz CT molecular complexity index is 1290. The summed E-state index contributed by atoms with van der Waals surface area (Å²) in [5.74, 6) is 0.381. The molecule has 0 aromatic heterocycles. The number of urea groups is 1. The summed E-state index contributed by atoms with van der Waals surface area (Å²) in [6.07, 6.45) is 1.63. The Labute approximate surface area is 216 Å². The molecule has 0 atom stereocenters. The molecule has 0 radical (unpaired) electrons. The largest absolute Gasteiger partial charge is 0.490 e. The van der Waals surface area contributed by atoms with Crippen LogP contribution in [0.2, 0.25) is 0 Å². The number of rotatable bonds is 8. The van der Waals surface area contributed by atoms with Gasteiger partial charge in [0, 0.05) is 0 Å². The molecule has 0 bridgehead atoms. The molecule has 1 N–H and O–H groups in total. The van der Waals surface area contributed by atoms with Crippen molar-refractivity contribution in [2.75, 3.05) is 6.61 Å². The van der Waals surface area contributed by atoms with E-state index in [2.05, 4.69) is 27.9 Å². The Morgan fingerprint density at radius 3 is 2.51 bits per heavy atom. The maximum atomic E-state index is 13.2. The fourth-order valence-corrected chi connectivity index (χ4v) is 4.47. The zero-order valence-electron chi connectivity index (χ0n) is 19.3. The normalized spacial score (nSPS) is 14.4. The maximum Gasteiger partial charge on any atom is 0.329 e. The number of hydrogen-bond donors (Lipinski definition) is 1. The van der Waals surface area contributed by atoms with Crippen LogP contribution in [0.5, 0.6) is 11.5 Å². The average Bonchev–Trinajstić information content (AvgIpc) is 3.07. The Hall–Kier alpha value is -3.40. The fourth-order valence-electron chi connectivity index (χ4n) is 3.69. The average molecular weight is 586 g/mol. The van der Waals surface area contributed by atoms with Gasteiger partial charge in [0.15, 0.2) is 11.5 Å². The first kappa shape index (κ1) is 24.7. The predicted molar refractivity (Wildman–Crippen MR) is 139 cm³/mol. The molecule has 6 nitrogen and oxygen atoms in total. The smallest absolute Gasteiger partial charge is 0.329 e.